The van der Waals surface area contributed by atoms with Gasteiger partial charge in [-0.1, -0.05) is 28.1 Å². The van der Waals surface area contributed by atoms with Crippen molar-refractivity contribution in [3.63, 3.8) is 0 Å². The van der Waals surface area contributed by atoms with E-state index in [1.165, 1.54) is 0 Å². The van der Waals surface area contributed by atoms with Gasteiger partial charge in [0.25, 0.3) is 0 Å². The smallest absolute Gasteiger partial charge is 0.133 e. The Morgan fingerprint density at radius 2 is 1.87 bits per heavy atom. The molecule has 1 aromatic carbocycles. The highest BCUT2D eigenvalue weighted by Gasteiger charge is 2.02. The summed E-state index contributed by atoms with van der Waals surface area (Å²) in [6.45, 7) is 0. The number of alkyl halides is 1. The number of phenolic OH excluding ortho intramolecular Hbond substituents is 1. The van der Waals surface area contributed by atoms with Crippen LogP contribution in [-0.4, -0.2) is 16.2 Å². The third-order valence-corrected chi connectivity index (χ3v) is 2.78. The van der Waals surface area contributed by atoms with Gasteiger partial charge >= 0.3 is 0 Å². The molecular formula is C12H15BrO2. The molecule has 0 bridgehead atoms. The van der Waals surface area contributed by atoms with E-state index in [0.717, 1.165) is 23.7 Å². The normalized spacial score (nSPS) is 10.2. The van der Waals surface area contributed by atoms with E-state index < -0.39 is 0 Å². The fraction of sp³-hybridized carbons (Fsp3) is 0.417. The average molecular weight is 271 g/mol. The molecule has 1 aromatic rings. The number of halogens is 1. The molecule has 15 heavy (non-hydrogen) atoms. The zero-order valence-electron chi connectivity index (χ0n) is 8.58. The van der Waals surface area contributed by atoms with Gasteiger partial charge in [-0.25, -0.2) is 0 Å². The molecule has 2 nitrogen and oxygen atoms in total. The molecule has 0 aliphatic heterocycles. The van der Waals surface area contributed by atoms with E-state index in [1.807, 2.05) is 12.1 Å². The van der Waals surface area contributed by atoms with Crippen LogP contribution in [0.4, 0.5) is 0 Å². The number of carbonyl (C=O) groups is 1. The predicted molar refractivity (Wildman–Crippen MR) is 64.5 cm³/mol. The molecule has 0 unspecified atom stereocenters. The Balaban J connectivity index is 2.30. The lowest BCUT2D eigenvalue weighted by atomic mass is 10.1. The highest BCUT2D eigenvalue weighted by Crippen LogP contribution is 2.11. The number of carbonyl (C=O) groups excluding carboxylic acids is 1. The van der Waals surface area contributed by atoms with Gasteiger partial charge in [0.05, 0.1) is 0 Å². The van der Waals surface area contributed by atoms with E-state index in [0.29, 0.717) is 18.6 Å². The van der Waals surface area contributed by atoms with Gasteiger partial charge in [0.15, 0.2) is 0 Å². The van der Waals surface area contributed by atoms with Crippen LogP contribution < -0.4 is 0 Å². The minimum atomic E-state index is 0.268. The summed E-state index contributed by atoms with van der Waals surface area (Å²) in [5.74, 6) is 0.576. The maximum Gasteiger partial charge on any atom is 0.133 e. The molecule has 0 spiro atoms. The summed E-state index contributed by atoms with van der Waals surface area (Å²) in [6, 6.07) is 7.01. The molecule has 1 rings (SSSR count). The first kappa shape index (κ1) is 12.2. The SMILES string of the molecule is O=C(CCCBr)CCc1ccc(O)cc1. The summed E-state index contributed by atoms with van der Waals surface area (Å²) < 4.78 is 0. The molecule has 0 fully saturated rings. The van der Waals surface area contributed by atoms with Crippen LogP contribution >= 0.6 is 15.9 Å². The molecule has 0 aromatic heterocycles. The first-order chi connectivity index (χ1) is 7.22. The molecule has 82 valence electrons. The van der Waals surface area contributed by atoms with Crippen LogP contribution in [0.25, 0.3) is 0 Å². The van der Waals surface area contributed by atoms with E-state index in [-0.39, 0.29) is 5.75 Å². The van der Waals surface area contributed by atoms with Crippen molar-refractivity contribution in [2.24, 2.45) is 0 Å². The Hall–Kier alpha value is -0.830. The molecule has 0 aliphatic rings. The molecule has 0 saturated carbocycles. The van der Waals surface area contributed by atoms with Crippen LogP contribution in [0.2, 0.25) is 0 Å². The Bertz CT molecular complexity index is 306. The maximum absolute atomic E-state index is 11.4. The lowest BCUT2D eigenvalue weighted by Gasteiger charge is -2.01. The second kappa shape index (κ2) is 6.62. The summed E-state index contributed by atoms with van der Waals surface area (Å²) in [5.41, 5.74) is 1.10. The molecule has 0 aliphatic carbocycles. The largest absolute Gasteiger partial charge is 0.508 e. The molecule has 1 N–H and O–H groups in total. The number of hydrogen-bond acceptors (Lipinski definition) is 2. The number of aryl methyl sites for hydroxylation is 1. The topological polar surface area (TPSA) is 37.3 Å². The third-order valence-electron chi connectivity index (χ3n) is 2.22. The number of hydrogen-bond donors (Lipinski definition) is 1. The number of aromatic hydroxyl groups is 1. The van der Waals surface area contributed by atoms with Gasteiger partial charge in [0.1, 0.15) is 11.5 Å². The summed E-state index contributed by atoms with van der Waals surface area (Å²) in [5, 5.41) is 9.96. The Kier molecular flexibility index (Phi) is 5.40. The van der Waals surface area contributed by atoms with Gasteiger partial charge in [-0.3, -0.25) is 4.79 Å². The third kappa shape index (κ3) is 4.98. The van der Waals surface area contributed by atoms with E-state index in [9.17, 15) is 4.79 Å². The minimum Gasteiger partial charge on any atom is -0.508 e. The van der Waals surface area contributed by atoms with Crippen molar-refractivity contribution in [1.29, 1.82) is 0 Å². The number of phenols is 1. The fourth-order valence-corrected chi connectivity index (χ4v) is 1.62. The van der Waals surface area contributed by atoms with Crippen molar-refractivity contribution < 1.29 is 9.90 Å². The predicted octanol–water partition coefficient (Wildman–Crippen LogP) is 3.07. The van der Waals surface area contributed by atoms with Crippen molar-refractivity contribution in [3.05, 3.63) is 29.8 Å². The monoisotopic (exact) mass is 270 g/mol. The second-order valence-corrected chi connectivity index (χ2v) is 4.29. The summed E-state index contributed by atoms with van der Waals surface area (Å²) in [7, 11) is 0. The summed E-state index contributed by atoms with van der Waals surface area (Å²) in [4.78, 5) is 11.4. The highest BCUT2D eigenvalue weighted by atomic mass is 79.9. The Morgan fingerprint density at radius 1 is 1.20 bits per heavy atom. The molecule has 0 heterocycles. The van der Waals surface area contributed by atoms with E-state index >= 15 is 0 Å². The van der Waals surface area contributed by atoms with Gasteiger partial charge in [-0.2, -0.15) is 0 Å². The van der Waals surface area contributed by atoms with E-state index in [4.69, 9.17) is 5.11 Å². The highest BCUT2D eigenvalue weighted by molar-refractivity contribution is 9.09. The van der Waals surface area contributed by atoms with Gasteiger partial charge in [-0.05, 0) is 30.5 Å². The lowest BCUT2D eigenvalue weighted by molar-refractivity contribution is -0.119. The summed E-state index contributed by atoms with van der Waals surface area (Å²) in [6.07, 6.45) is 2.93. The molecule has 0 saturated heterocycles. The molecule has 0 radical (unpaired) electrons. The number of rotatable bonds is 6. The Morgan fingerprint density at radius 3 is 2.47 bits per heavy atom. The molecular weight excluding hydrogens is 256 g/mol. The van der Waals surface area contributed by atoms with Crippen molar-refractivity contribution in [3.8, 4) is 5.75 Å². The zero-order chi connectivity index (χ0) is 11.1. The van der Waals surface area contributed by atoms with Crippen LogP contribution in [0, 0.1) is 0 Å². The van der Waals surface area contributed by atoms with Crippen molar-refractivity contribution in [1.82, 2.24) is 0 Å². The van der Waals surface area contributed by atoms with Crippen molar-refractivity contribution in [2.45, 2.75) is 25.7 Å². The van der Waals surface area contributed by atoms with Gasteiger partial charge < -0.3 is 5.11 Å². The minimum absolute atomic E-state index is 0.268. The molecule has 0 atom stereocenters. The molecule has 0 amide bonds. The van der Waals surface area contributed by atoms with Crippen LogP contribution in [0.5, 0.6) is 5.75 Å². The van der Waals surface area contributed by atoms with Crippen LogP contribution in [0.3, 0.4) is 0 Å². The molecule has 3 heteroatoms. The van der Waals surface area contributed by atoms with E-state index in [1.54, 1.807) is 12.1 Å². The van der Waals surface area contributed by atoms with Crippen LogP contribution in [0.15, 0.2) is 24.3 Å². The van der Waals surface area contributed by atoms with Gasteiger partial charge in [0, 0.05) is 18.2 Å². The lowest BCUT2D eigenvalue weighted by Crippen LogP contribution is -2.00. The quantitative estimate of drug-likeness (QED) is 0.807. The van der Waals surface area contributed by atoms with Crippen LogP contribution in [0.1, 0.15) is 24.8 Å². The zero-order valence-corrected chi connectivity index (χ0v) is 10.2. The average Bonchev–Trinajstić information content (AvgIpc) is 2.25. The summed E-state index contributed by atoms with van der Waals surface area (Å²) >= 11 is 3.30. The van der Waals surface area contributed by atoms with Crippen molar-refractivity contribution in [2.75, 3.05) is 5.33 Å². The fourth-order valence-electron chi connectivity index (χ4n) is 1.34. The van der Waals surface area contributed by atoms with Crippen LogP contribution in [-0.2, 0) is 11.2 Å². The standard InChI is InChI=1S/C12H15BrO2/c13-9-1-2-11(14)6-3-10-4-7-12(15)8-5-10/h4-5,7-8,15H,1-3,6,9H2. The number of ketones is 1. The number of Topliss-reactive ketones (excluding diaryl/α,β-unsaturated/α-hetero) is 1. The first-order valence-corrected chi connectivity index (χ1v) is 6.20. The second-order valence-electron chi connectivity index (χ2n) is 3.50. The van der Waals surface area contributed by atoms with Gasteiger partial charge in [0.2, 0.25) is 0 Å². The number of benzene rings is 1. The first-order valence-electron chi connectivity index (χ1n) is 5.08. The van der Waals surface area contributed by atoms with Gasteiger partial charge in [-0.15, -0.1) is 0 Å². The Labute approximate surface area is 98.4 Å². The maximum atomic E-state index is 11.4. The van der Waals surface area contributed by atoms with Crippen molar-refractivity contribution >= 4 is 21.7 Å². The van der Waals surface area contributed by atoms with E-state index in [2.05, 4.69) is 15.9 Å².